The molecular weight excluding hydrogens is 278 g/mol. The number of thioether (sulfide) groups is 1. The number of para-hydroxylation sites is 1. The van der Waals surface area contributed by atoms with Crippen molar-refractivity contribution in [2.45, 2.75) is 24.5 Å². The van der Waals surface area contributed by atoms with E-state index >= 15 is 0 Å². The van der Waals surface area contributed by atoms with E-state index in [0.29, 0.717) is 5.13 Å². The van der Waals surface area contributed by atoms with Crippen LogP contribution in [0.4, 0.5) is 10.8 Å². The number of rotatable bonds is 4. The first-order valence-corrected chi connectivity index (χ1v) is 7.62. The Bertz CT molecular complexity index is 595. The third kappa shape index (κ3) is 3.71. The Morgan fingerprint density at radius 3 is 3.05 bits per heavy atom. The number of nitrogen functional groups attached to an aromatic ring is 1. The first kappa shape index (κ1) is 13.9. The van der Waals surface area contributed by atoms with E-state index in [9.17, 15) is 4.79 Å². The maximum atomic E-state index is 10.9. The van der Waals surface area contributed by atoms with Crippen molar-refractivity contribution in [1.29, 1.82) is 0 Å². The third-order valence-corrected chi connectivity index (χ3v) is 4.41. The number of anilines is 2. The molecule has 0 aliphatic heterocycles. The number of nitrogens with one attached hydrogen (secondary N) is 1. The molecule has 0 saturated carbocycles. The highest BCUT2D eigenvalue weighted by molar-refractivity contribution is 7.98. The van der Waals surface area contributed by atoms with Gasteiger partial charge >= 0.3 is 0 Å². The van der Waals surface area contributed by atoms with Crippen LogP contribution < -0.4 is 11.1 Å². The summed E-state index contributed by atoms with van der Waals surface area (Å²) >= 11 is 3.09. The minimum atomic E-state index is -0.100. The molecule has 0 saturated heterocycles. The van der Waals surface area contributed by atoms with Crippen molar-refractivity contribution < 1.29 is 4.79 Å². The van der Waals surface area contributed by atoms with Crippen LogP contribution in [-0.4, -0.2) is 10.9 Å². The van der Waals surface area contributed by atoms with E-state index in [1.807, 2.05) is 30.5 Å². The quantitative estimate of drug-likeness (QED) is 0.670. The monoisotopic (exact) mass is 293 g/mol. The summed E-state index contributed by atoms with van der Waals surface area (Å²) < 4.78 is 0. The number of nitrogens with zero attached hydrogens (tertiary/aromatic N) is 1. The molecule has 0 aliphatic carbocycles. The number of hydrogen-bond acceptors (Lipinski definition) is 5. The molecule has 0 atom stereocenters. The number of amides is 1. The van der Waals surface area contributed by atoms with Crippen LogP contribution in [0.1, 0.15) is 18.2 Å². The van der Waals surface area contributed by atoms with Gasteiger partial charge in [0.05, 0.1) is 5.69 Å². The van der Waals surface area contributed by atoms with E-state index in [4.69, 9.17) is 5.73 Å². The molecule has 3 N–H and O–H groups in total. The molecule has 1 amide bonds. The van der Waals surface area contributed by atoms with Crippen LogP contribution in [-0.2, 0) is 10.5 Å². The van der Waals surface area contributed by atoms with Crippen LogP contribution >= 0.6 is 23.1 Å². The van der Waals surface area contributed by atoms with Crippen molar-refractivity contribution in [1.82, 2.24) is 4.98 Å². The Kier molecular flexibility index (Phi) is 4.44. The molecule has 19 heavy (non-hydrogen) atoms. The van der Waals surface area contributed by atoms with E-state index < -0.39 is 0 Å². The highest BCUT2D eigenvalue weighted by Gasteiger charge is 2.06. The SMILES string of the molecule is CC(=O)Nc1nc(CSc2cccc(C)c2N)cs1. The fourth-order valence-corrected chi connectivity index (χ4v) is 3.32. The Morgan fingerprint density at radius 1 is 1.53 bits per heavy atom. The molecule has 1 aromatic heterocycles. The van der Waals surface area contributed by atoms with Crippen LogP contribution in [0.25, 0.3) is 0 Å². The number of hydrogen-bond donors (Lipinski definition) is 2. The second-order valence-corrected chi connectivity index (χ2v) is 5.98. The Labute approximate surface area is 120 Å². The summed E-state index contributed by atoms with van der Waals surface area (Å²) in [5, 5.41) is 5.27. The van der Waals surface area contributed by atoms with Gasteiger partial charge < -0.3 is 11.1 Å². The number of carbonyl (C=O) groups excluding carboxylic acids is 1. The maximum Gasteiger partial charge on any atom is 0.223 e. The molecule has 1 aromatic carbocycles. The molecule has 0 spiro atoms. The first-order chi connectivity index (χ1) is 9.06. The summed E-state index contributed by atoms with van der Waals surface area (Å²) in [6, 6.07) is 6.00. The van der Waals surface area contributed by atoms with Crippen LogP contribution in [0.5, 0.6) is 0 Å². The van der Waals surface area contributed by atoms with Gasteiger partial charge in [0.1, 0.15) is 0 Å². The summed E-state index contributed by atoms with van der Waals surface area (Å²) in [5.74, 6) is 0.639. The lowest BCUT2D eigenvalue weighted by atomic mass is 10.2. The normalized spacial score (nSPS) is 10.4. The number of benzene rings is 1. The average molecular weight is 293 g/mol. The highest BCUT2D eigenvalue weighted by atomic mass is 32.2. The maximum absolute atomic E-state index is 10.9. The van der Waals surface area contributed by atoms with E-state index in [1.165, 1.54) is 18.3 Å². The first-order valence-electron chi connectivity index (χ1n) is 5.76. The average Bonchev–Trinajstić information content (AvgIpc) is 2.78. The summed E-state index contributed by atoms with van der Waals surface area (Å²) in [4.78, 5) is 16.3. The lowest BCUT2D eigenvalue weighted by Crippen LogP contribution is -2.05. The molecule has 6 heteroatoms. The predicted octanol–water partition coefficient (Wildman–Crippen LogP) is 3.28. The van der Waals surface area contributed by atoms with Gasteiger partial charge in [-0.3, -0.25) is 4.79 Å². The largest absolute Gasteiger partial charge is 0.398 e. The number of thiazole rings is 1. The molecule has 0 aliphatic rings. The molecule has 0 unspecified atom stereocenters. The van der Waals surface area contributed by atoms with Gasteiger partial charge in [-0.25, -0.2) is 4.98 Å². The second kappa shape index (κ2) is 6.08. The number of carbonyl (C=O) groups is 1. The van der Waals surface area contributed by atoms with Crippen molar-refractivity contribution in [2.75, 3.05) is 11.1 Å². The van der Waals surface area contributed by atoms with Gasteiger partial charge in [-0.2, -0.15) is 0 Å². The van der Waals surface area contributed by atoms with Gasteiger partial charge in [0.25, 0.3) is 0 Å². The molecule has 1 heterocycles. The molecule has 2 rings (SSSR count). The third-order valence-electron chi connectivity index (χ3n) is 2.49. The van der Waals surface area contributed by atoms with Gasteiger partial charge in [-0.1, -0.05) is 12.1 Å². The predicted molar refractivity (Wildman–Crippen MR) is 81.6 cm³/mol. The van der Waals surface area contributed by atoms with Crippen molar-refractivity contribution in [3.63, 3.8) is 0 Å². The van der Waals surface area contributed by atoms with Crippen molar-refractivity contribution in [3.05, 3.63) is 34.8 Å². The van der Waals surface area contributed by atoms with Crippen molar-refractivity contribution in [3.8, 4) is 0 Å². The molecular formula is C13H15N3OS2. The summed E-state index contributed by atoms with van der Waals surface area (Å²) in [5.41, 5.74) is 8.88. The number of aromatic nitrogens is 1. The van der Waals surface area contributed by atoms with E-state index in [-0.39, 0.29) is 5.91 Å². The smallest absolute Gasteiger partial charge is 0.223 e. The highest BCUT2D eigenvalue weighted by Crippen LogP contribution is 2.30. The molecule has 0 bridgehead atoms. The summed E-state index contributed by atoms with van der Waals surface area (Å²) in [6.07, 6.45) is 0. The molecule has 100 valence electrons. The Hall–Kier alpha value is -1.53. The van der Waals surface area contributed by atoms with Crippen molar-refractivity contribution in [2.24, 2.45) is 0 Å². The lowest BCUT2D eigenvalue weighted by Gasteiger charge is -2.06. The number of nitrogens with two attached hydrogens (primary N) is 1. The topological polar surface area (TPSA) is 68.0 Å². The van der Waals surface area contributed by atoms with E-state index in [0.717, 1.165) is 27.6 Å². The standard InChI is InChI=1S/C13H15N3OS2/c1-8-4-3-5-11(12(8)14)18-6-10-7-19-13(16-10)15-9(2)17/h3-5,7H,6,14H2,1-2H3,(H,15,16,17). The van der Waals surface area contributed by atoms with Crippen LogP contribution in [0.3, 0.4) is 0 Å². The van der Waals surface area contributed by atoms with Crippen LogP contribution in [0.2, 0.25) is 0 Å². The summed E-state index contributed by atoms with van der Waals surface area (Å²) in [6.45, 7) is 3.47. The summed E-state index contributed by atoms with van der Waals surface area (Å²) in [7, 11) is 0. The fraction of sp³-hybridized carbons (Fsp3) is 0.231. The molecule has 4 nitrogen and oxygen atoms in total. The molecule has 2 aromatic rings. The zero-order valence-electron chi connectivity index (χ0n) is 10.8. The van der Waals surface area contributed by atoms with Gasteiger partial charge in [0, 0.05) is 28.6 Å². The minimum Gasteiger partial charge on any atom is -0.398 e. The van der Waals surface area contributed by atoms with Crippen LogP contribution in [0.15, 0.2) is 28.5 Å². The van der Waals surface area contributed by atoms with Gasteiger partial charge in [-0.05, 0) is 18.6 Å². The second-order valence-electron chi connectivity index (χ2n) is 4.10. The lowest BCUT2D eigenvalue weighted by molar-refractivity contribution is -0.114. The van der Waals surface area contributed by atoms with E-state index in [2.05, 4.69) is 10.3 Å². The Morgan fingerprint density at radius 2 is 2.32 bits per heavy atom. The molecule has 0 fully saturated rings. The van der Waals surface area contributed by atoms with Gasteiger partial charge in [0.2, 0.25) is 5.91 Å². The van der Waals surface area contributed by atoms with E-state index in [1.54, 1.807) is 11.8 Å². The number of aryl methyl sites for hydroxylation is 1. The van der Waals surface area contributed by atoms with Crippen LogP contribution in [0, 0.1) is 6.92 Å². The zero-order chi connectivity index (χ0) is 13.8. The fourth-order valence-electron chi connectivity index (χ4n) is 1.51. The van der Waals surface area contributed by atoms with Gasteiger partial charge in [-0.15, -0.1) is 23.1 Å². The van der Waals surface area contributed by atoms with Gasteiger partial charge in [0.15, 0.2) is 5.13 Å². The zero-order valence-corrected chi connectivity index (χ0v) is 12.4. The molecule has 0 radical (unpaired) electrons. The van der Waals surface area contributed by atoms with Crippen molar-refractivity contribution >= 4 is 39.8 Å². The minimum absolute atomic E-state index is 0.100. The Balaban J connectivity index is 2.00.